The monoisotopic (exact) mass is 215 g/mol. The van der Waals surface area contributed by atoms with Gasteiger partial charge in [-0.25, -0.2) is 4.98 Å². The number of imidazole rings is 1. The molecule has 0 amide bonds. The smallest absolute Gasteiger partial charge is 0.181 e. The number of carbonyl (C=O) groups is 1. The van der Waals surface area contributed by atoms with E-state index in [-0.39, 0.29) is 5.78 Å². The van der Waals surface area contributed by atoms with Gasteiger partial charge in [-0.05, 0) is 12.1 Å². The molecule has 0 unspecified atom stereocenters. The Morgan fingerprint density at radius 3 is 2.81 bits per heavy atom. The van der Waals surface area contributed by atoms with Gasteiger partial charge in [-0.15, -0.1) is 0 Å². The summed E-state index contributed by atoms with van der Waals surface area (Å²) in [6.45, 7) is 0. The van der Waals surface area contributed by atoms with Crippen molar-refractivity contribution in [2.24, 2.45) is 7.05 Å². The largest absolute Gasteiger partial charge is 0.338 e. The number of ketones is 1. The van der Waals surface area contributed by atoms with Gasteiger partial charge in [0.1, 0.15) is 11.5 Å². The van der Waals surface area contributed by atoms with Gasteiger partial charge < -0.3 is 4.57 Å². The van der Waals surface area contributed by atoms with E-state index in [9.17, 15) is 4.79 Å². The van der Waals surface area contributed by atoms with Crippen molar-refractivity contribution in [3.05, 3.63) is 48.3 Å². The van der Waals surface area contributed by atoms with Gasteiger partial charge in [-0.1, -0.05) is 6.07 Å². The van der Waals surface area contributed by atoms with Crippen LogP contribution in [0.15, 0.2) is 36.8 Å². The molecule has 0 aromatic carbocycles. The van der Waals surface area contributed by atoms with Crippen LogP contribution in [0, 0.1) is 0 Å². The first-order valence-electron chi connectivity index (χ1n) is 5.18. The summed E-state index contributed by atoms with van der Waals surface area (Å²) < 4.78 is 1.92. The van der Waals surface area contributed by atoms with E-state index in [4.69, 9.17) is 0 Å². The summed E-state index contributed by atoms with van der Waals surface area (Å²) in [7, 11) is 1.92. The zero-order chi connectivity index (χ0) is 11.4. The first-order chi connectivity index (χ1) is 7.77. The number of carbonyl (C=O) groups excluding carboxylic acids is 1. The SMILES string of the molecule is Cn1ccnc1CCC(=O)c1ccccn1. The normalized spacial score (nSPS) is 10.3. The number of pyridine rings is 1. The fraction of sp³-hybridized carbons (Fsp3) is 0.250. The third-order valence-electron chi connectivity index (χ3n) is 2.45. The third-order valence-corrected chi connectivity index (χ3v) is 2.45. The van der Waals surface area contributed by atoms with E-state index in [0.717, 1.165) is 5.82 Å². The summed E-state index contributed by atoms with van der Waals surface area (Å²) in [6, 6.07) is 5.36. The van der Waals surface area contributed by atoms with Gasteiger partial charge in [0.05, 0.1) is 0 Å². The lowest BCUT2D eigenvalue weighted by Gasteiger charge is -2.01. The predicted octanol–water partition coefficient (Wildman–Crippen LogP) is 1.63. The second-order valence-corrected chi connectivity index (χ2v) is 3.59. The molecule has 0 N–H and O–H groups in total. The molecule has 0 atom stereocenters. The van der Waals surface area contributed by atoms with Crippen LogP contribution in [0.1, 0.15) is 22.7 Å². The van der Waals surface area contributed by atoms with Crippen molar-refractivity contribution < 1.29 is 4.79 Å². The molecule has 82 valence electrons. The Morgan fingerprint density at radius 2 is 2.19 bits per heavy atom. The lowest BCUT2D eigenvalue weighted by atomic mass is 10.1. The molecule has 2 aromatic rings. The minimum absolute atomic E-state index is 0.0589. The van der Waals surface area contributed by atoms with Crippen molar-refractivity contribution in [1.82, 2.24) is 14.5 Å². The quantitative estimate of drug-likeness (QED) is 0.728. The summed E-state index contributed by atoms with van der Waals surface area (Å²) in [4.78, 5) is 19.9. The summed E-state index contributed by atoms with van der Waals surface area (Å²) in [6.07, 6.45) is 6.34. The first kappa shape index (κ1) is 10.5. The Kier molecular flexibility index (Phi) is 3.10. The van der Waals surface area contributed by atoms with Gasteiger partial charge in [-0.3, -0.25) is 9.78 Å². The third kappa shape index (κ3) is 2.34. The molecule has 4 heteroatoms. The molecule has 0 aliphatic rings. The lowest BCUT2D eigenvalue weighted by Crippen LogP contribution is -2.06. The number of rotatable bonds is 4. The van der Waals surface area contributed by atoms with Gasteiger partial charge in [0.25, 0.3) is 0 Å². The average Bonchev–Trinajstić information content (AvgIpc) is 2.73. The van der Waals surface area contributed by atoms with Crippen LogP contribution in [-0.2, 0) is 13.5 Å². The van der Waals surface area contributed by atoms with Gasteiger partial charge in [-0.2, -0.15) is 0 Å². The highest BCUT2D eigenvalue weighted by Gasteiger charge is 2.08. The maximum Gasteiger partial charge on any atom is 0.181 e. The number of hydrogen-bond donors (Lipinski definition) is 0. The van der Waals surface area contributed by atoms with Crippen molar-refractivity contribution in [1.29, 1.82) is 0 Å². The summed E-state index contributed by atoms with van der Waals surface area (Å²) in [5.74, 6) is 0.980. The van der Waals surface area contributed by atoms with Gasteiger partial charge in [0.2, 0.25) is 0 Å². The van der Waals surface area contributed by atoms with Crippen molar-refractivity contribution in [2.75, 3.05) is 0 Å². The lowest BCUT2D eigenvalue weighted by molar-refractivity contribution is 0.0977. The van der Waals surface area contributed by atoms with Gasteiger partial charge >= 0.3 is 0 Å². The van der Waals surface area contributed by atoms with Crippen LogP contribution in [0.3, 0.4) is 0 Å². The first-order valence-corrected chi connectivity index (χ1v) is 5.18. The van der Waals surface area contributed by atoms with E-state index in [1.165, 1.54) is 0 Å². The molecule has 0 saturated carbocycles. The Bertz CT molecular complexity index is 476. The molecule has 0 radical (unpaired) electrons. The predicted molar refractivity (Wildman–Crippen MR) is 60.1 cm³/mol. The molecule has 0 spiro atoms. The van der Waals surface area contributed by atoms with E-state index in [1.807, 2.05) is 23.9 Å². The van der Waals surface area contributed by atoms with Crippen LogP contribution in [-0.4, -0.2) is 20.3 Å². The molecule has 0 bridgehead atoms. The van der Waals surface area contributed by atoms with E-state index >= 15 is 0 Å². The molecular weight excluding hydrogens is 202 g/mol. The van der Waals surface area contributed by atoms with Gasteiger partial charge in [0.15, 0.2) is 5.78 Å². The summed E-state index contributed by atoms with van der Waals surface area (Å²) >= 11 is 0. The molecule has 2 rings (SSSR count). The van der Waals surface area contributed by atoms with Crippen LogP contribution >= 0.6 is 0 Å². The maximum absolute atomic E-state index is 11.8. The molecule has 0 saturated heterocycles. The molecular formula is C12H13N3O. The summed E-state index contributed by atoms with van der Waals surface area (Å²) in [5, 5.41) is 0. The van der Waals surface area contributed by atoms with Crippen LogP contribution < -0.4 is 0 Å². The Hall–Kier alpha value is -1.97. The number of nitrogens with zero attached hydrogens (tertiary/aromatic N) is 3. The molecule has 2 heterocycles. The number of Topliss-reactive ketones (excluding diaryl/α,β-unsaturated/α-hetero) is 1. The molecule has 0 aliphatic carbocycles. The molecule has 2 aromatic heterocycles. The van der Waals surface area contributed by atoms with Crippen molar-refractivity contribution in [2.45, 2.75) is 12.8 Å². The second kappa shape index (κ2) is 4.70. The fourth-order valence-electron chi connectivity index (χ4n) is 1.52. The van der Waals surface area contributed by atoms with Crippen LogP contribution in [0.4, 0.5) is 0 Å². The zero-order valence-corrected chi connectivity index (χ0v) is 9.13. The maximum atomic E-state index is 11.8. The zero-order valence-electron chi connectivity index (χ0n) is 9.13. The standard InChI is InChI=1S/C12H13N3O/c1-15-9-8-14-12(15)6-5-11(16)10-4-2-3-7-13-10/h2-4,7-9H,5-6H2,1H3. The second-order valence-electron chi connectivity index (χ2n) is 3.59. The highest BCUT2D eigenvalue weighted by Crippen LogP contribution is 2.04. The van der Waals surface area contributed by atoms with Gasteiger partial charge in [0, 0.05) is 38.5 Å². The average molecular weight is 215 g/mol. The topological polar surface area (TPSA) is 47.8 Å². The van der Waals surface area contributed by atoms with Crippen molar-refractivity contribution in [3.8, 4) is 0 Å². The van der Waals surface area contributed by atoms with E-state index in [0.29, 0.717) is 18.5 Å². The van der Waals surface area contributed by atoms with Crippen LogP contribution in [0.2, 0.25) is 0 Å². The Balaban J connectivity index is 1.97. The van der Waals surface area contributed by atoms with Crippen molar-refractivity contribution in [3.63, 3.8) is 0 Å². The van der Waals surface area contributed by atoms with E-state index in [2.05, 4.69) is 9.97 Å². The van der Waals surface area contributed by atoms with Crippen LogP contribution in [0.25, 0.3) is 0 Å². The van der Waals surface area contributed by atoms with E-state index < -0.39 is 0 Å². The van der Waals surface area contributed by atoms with Crippen LogP contribution in [0.5, 0.6) is 0 Å². The summed E-state index contributed by atoms with van der Waals surface area (Å²) in [5.41, 5.74) is 0.525. The number of hydrogen-bond acceptors (Lipinski definition) is 3. The molecule has 16 heavy (non-hydrogen) atoms. The number of aromatic nitrogens is 3. The van der Waals surface area contributed by atoms with Crippen molar-refractivity contribution >= 4 is 5.78 Å². The highest BCUT2D eigenvalue weighted by molar-refractivity contribution is 5.94. The minimum Gasteiger partial charge on any atom is -0.338 e. The molecule has 4 nitrogen and oxygen atoms in total. The van der Waals surface area contributed by atoms with E-state index in [1.54, 1.807) is 24.5 Å². The Morgan fingerprint density at radius 1 is 1.31 bits per heavy atom. The minimum atomic E-state index is 0.0589. The Labute approximate surface area is 94.0 Å². The molecule has 0 aliphatic heterocycles. The highest BCUT2D eigenvalue weighted by atomic mass is 16.1. The fourth-order valence-corrected chi connectivity index (χ4v) is 1.52. The molecule has 0 fully saturated rings. The number of aryl methyl sites for hydroxylation is 2.